The van der Waals surface area contributed by atoms with Crippen LogP contribution in [0.5, 0.6) is 0 Å². The zero-order chi connectivity index (χ0) is 17.1. The Hall–Kier alpha value is -1.87. The maximum Gasteiger partial charge on any atom is 0.0687 e. The van der Waals surface area contributed by atoms with Crippen LogP contribution in [0.15, 0.2) is 53.2 Å². The fourth-order valence-electron chi connectivity index (χ4n) is 3.01. The molecule has 1 aliphatic rings. The summed E-state index contributed by atoms with van der Waals surface area (Å²) in [5.41, 5.74) is 3.73. The Labute approximate surface area is 149 Å². The van der Waals surface area contributed by atoms with Crippen molar-refractivity contribution >= 4 is 33.3 Å². The predicted octanol–water partition coefficient (Wildman–Crippen LogP) is 6.01. The minimum atomic E-state index is 0.247. The van der Waals surface area contributed by atoms with Crippen molar-refractivity contribution in [1.29, 1.82) is 0 Å². The van der Waals surface area contributed by atoms with Gasteiger partial charge in [0.25, 0.3) is 0 Å². The van der Waals surface area contributed by atoms with Crippen molar-refractivity contribution in [2.24, 2.45) is 10.9 Å². The van der Waals surface area contributed by atoms with E-state index in [2.05, 4.69) is 61.1 Å². The number of rotatable bonds is 7. The summed E-state index contributed by atoms with van der Waals surface area (Å²) in [4.78, 5) is 5.90. The molecule has 1 aromatic carbocycles. The van der Waals surface area contributed by atoms with Crippen molar-refractivity contribution in [3.05, 3.63) is 53.1 Å². The Morgan fingerprint density at radius 2 is 2.08 bits per heavy atom. The van der Waals surface area contributed by atoms with Gasteiger partial charge in [0.1, 0.15) is 0 Å². The number of nitrogens with one attached hydrogen (secondary N) is 1. The molecule has 0 amide bonds. The van der Waals surface area contributed by atoms with E-state index < -0.39 is 0 Å². The minimum Gasteiger partial charge on any atom is -0.376 e. The van der Waals surface area contributed by atoms with E-state index in [0.29, 0.717) is 5.92 Å². The highest BCUT2D eigenvalue weighted by molar-refractivity contribution is 7.20. The van der Waals surface area contributed by atoms with Gasteiger partial charge in [0.15, 0.2) is 0 Å². The standard InChI is InChI=1S/C21H26N2S/c1-5-22-21(16-10-11-16)18(12-14(2)3)23-15(4)20-13-17-8-6-7-9-19(17)24-20/h5-9,13-14,18,23H,4,10-12H2,1-3H3. The molecule has 0 bridgehead atoms. The van der Waals surface area contributed by atoms with Gasteiger partial charge in [-0.05, 0) is 55.2 Å². The van der Waals surface area contributed by atoms with E-state index in [-0.39, 0.29) is 6.04 Å². The van der Waals surface area contributed by atoms with Gasteiger partial charge >= 0.3 is 0 Å². The number of allylic oxidation sites excluding steroid dienone is 1. The topological polar surface area (TPSA) is 24.4 Å². The first-order chi connectivity index (χ1) is 11.6. The van der Waals surface area contributed by atoms with Crippen LogP contribution in [0, 0.1) is 5.92 Å². The van der Waals surface area contributed by atoms with Gasteiger partial charge in [-0.1, -0.05) is 38.6 Å². The number of hydrogen-bond acceptors (Lipinski definition) is 3. The van der Waals surface area contributed by atoms with E-state index in [1.165, 1.54) is 39.1 Å². The summed E-state index contributed by atoms with van der Waals surface area (Å²) in [7, 11) is 0. The molecular weight excluding hydrogens is 312 g/mol. The molecule has 1 heterocycles. The second kappa shape index (κ2) is 7.35. The maximum absolute atomic E-state index is 4.68. The second-order valence-electron chi connectivity index (χ2n) is 6.83. The summed E-state index contributed by atoms with van der Waals surface area (Å²) in [6.45, 7) is 10.8. The highest BCUT2D eigenvalue weighted by Gasteiger charge is 2.25. The van der Waals surface area contributed by atoms with Crippen LogP contribution >= 0.6 is 11.3 Å². The number of nitrogens with zero attached hydrogens (tertiary/aromatic N) is 1. The highest BCUT2D eigenvalue weighted by atomic mass is 32.1. The van der Waals surface area contributed by atoms with Crippen LogP contribution in [0.2, 0.25) is 0 Å². The molecule has 2 nitrogen and oxygen atoms in total. The van der Waals surface area contributed by atoms with Gasteiger partial charge in [-0.2, -0.15) is 0 Å². The lowest BCUT2D eigenvalue weighted by Gasteiger charge is -2.23. The van der Waals surface area contributed by atoms with Crippen LogP contribution in [0.1, 0.15) is 44.9 Å². The average Bonchev–Trinajstić information content (AvgIpc) is 3.28. The normalized spacial score (nSPS) is 15.2. The molecule has 1 aliphatic carbocycles. The molecular formula is C21H26N2S. The second-order valence-corrected chi connectivity index (χ2v) is 7.91. The Morgan fingerprint density at radius 1 is 1.33 bits per heavy atom. The molecule has 3 rings (SSSR count). The van der Waals surface area contributed by atoms with Gasteiger partial charge in [0.05, 0.1) is 16.6 Å². The zero-order valence-electron chi connectivity index (χ0n) is 14.8. The number of fused-ring (bicyclic) bond motifs is 1. The number of hydrogen-bond donors (Lipinski definition) is 1. The summed E-state index contributed by atoms with van der Waals surface area (Å²) >= 11 is 1.80. The van der Waals surface area contributed by atoms with E-state index in [9.17, 15) is 0 Å². The molecule has 2 aromatic rings. The van der Waals surface area contributed by atoms with Gasteiger partial charge in [-0.15, -0.1) is 11.3 Å². The smallest absolute Gasteiger partial charge is 0.0687 e. The SMILES string of the molecule is C=C(NC(CC(C)C)C(N=CC)=C1CC1)c1cc2ccccc2s1. The third-order valence-electron chi connectivity index (χ3n) is 4.24. The van der Waals surface area contributed by atoms with Crippen molar-refractivity contribution in [3.63, 3.8) is 0 Å². The van der Waals surface area contributed by atoms with Crippen LogP contribution < -0.4 is 5.32 Å². The first-order valence-corrected chi connectivity index (χ1v) is 9.55. The Bertz CT molecular complexity index is 756. The van der Waals surface area contributed by atoms with E-state index >= 15 is 0 Å². The summed E-state index contributed by atoms with van der Waals surface area (Å²) in [6, 6.07) is 11.0. The first-order valence-electron chi connectivity index (χ1n) is 8.73. The van der Waals surface area contributed by atoms with Gasteiger partial charge < -0.3 is 5.32 Å². The maximum atomic E-state index is 4.68. The van der Waals surface area contributed by atoms with E-state index in [0.717, 1.165) is 12.1 Å². The van der Waals surface area contributed by atoms with Crippen molar-refractivity contribution in [3.8, 4) is 0 Å². The van der Waals surface area contributed by atoms with Crippen LogP contribution in [0.25, 0.3) is 15.8 Å². The molecule has 1 fully saturated rings. The number of thiophene rings is 1. The Morgan fingerprint density at radius 3 is 2.71 bits per heavy atom. The third kappa shape index (κ3) is 3.96. The largest absolute Gasteiger partial charge is 0.376 e. The fraction of sp³-hybridized carbons (Fsp3) is 0.381. The fourth-order valence-corrected chi connectivity index (χ4v) is 4.00. The van der Waals surface area contributed by atoms with Crippen LogP contribution in [-0.4, -0.2) is 12.3 Å². The lowest BCUT2D eigenvalue weighted by atomic mass is 10.00. The molecule has 0 radical (unpaired) electrons. The highest BCUT2D eigenvalue weighted by Crippen LogP contribution is 2.36. The average molecular weight is 339 g/mol. The molecule has 1 N–H and O–H groups in total. The lowest BCUT2D eigenvalue weighted by molar-refractivity contribution is 0.498. The molecule has 1 atom stereocenters. The van der Waals surface area contributed by atoms with Crippen LogP contribution in [-0.2, 0) is 0 Å². The molecule has 0 saturated heterocycles. The van der Waals surface area contributed by atoms with Crippen molar-refractivity contribution < 1.29 is 0 Å². The minimum absolute atomic E-state index is 0.247. The van der Waals surface area contributed by atoms with Gasteiger partial charge in [0.2, 0.25) is 0 Å². The predicted molar refractivity (Wildman–Crippen MR) is 108 cm³/mol. The van der Waals surface area contributed by atoms with Gasteiger partial charge in [-0.25, -0.2) is 0 Å². The van der Waals surface area contributed by atoms with Crippen molar-refractivity contribution in [2.45, 2.75) is 46.1 Å². The molecule has 24 heavy (non-hydrogen) atoms. The summed E-state index contributed by atoms with van der Waals surface area (Å²) < 4.78 is 1.31. The number of aliphatic imine (C=N–C) groups is 1. The summed E-state index contributed by atoms with van der Waals surface area (Å²) in [5.74, 6) is 0.610. The molecule has 0 spiro atoms. The molecule has 126 valence electrons. The zero-order valence-corrected chi connectivity index (χ0v) is 15.6. The van der Waals surface area contributed by atoms with Crippen molar-refractivity contribution in [2.75, 3.05) is 0 Å². The summed E-state index contributed by atoms with van der Waals surface area (Å²) in [6.07, 6.45) is 5.37. The monoisotopic (exact) mass is 338 g/mol. The summed E-state index contributed by atoms with van der Waals surface area (Å²) in [5, 5.41) is 4.96. The van der Waals surface area contributed by atoms with Gasteiger partial charge in [-0.3, -0.25) is 4.99 Å². The van der Waals surface area contributed by atoms with Crippen LogP contribution in [0.3, 0.4) is 0 Å². The van der Waals surface area contributed by atoms with Crippen molar-refractivity contribution in [1.82, 2.24) is 5.32 Å². The molecule has 1 saturated carbocycles. The molecule has 1 unspecified atom stereocenters. The molecule has 0 aliphatic heterocycles. The molecule has 3 heteroatoms. The van der Waals surface area contributed by atoms with Gasteiger partial charge in [0, 0.05) is 16.6 Å². The lowest BCUT2D eigenvalue weighted by Crippen LogP contribution is -2.30. The van der Waals surface area contributed by atoms with E-state index in [1.54, 1.807) is 11.3 Å². The van der Waals surface area contributed by atoms with E-state index in [4.69, 9.17) is 0 Å². The third-order valence-corrected chi connectivity index (χ3v) is 5.41. The Balaban J connectivity index is 1.83. The van der Waals surface area contributed by atoms with E-state index in [1.807, 2.05) is 13.1 Å². The first kappa shape index (κ1) is 17.0. The number of benzene rings is 1. The quantitative estimate of drug-likeness (QED) is 0.614. The Kier molecular flexibility index (Phi) is 5.20. The van der Waals surface area contributed by atoms with Crippen LogP contribution in [0.4, 0.5) is 0 Å². The molecule has 1 aromatic heterocycles.